The molecule has 0 N–H and O–H groups in total. The van der Waals surface area contributed by atoms with Crippen LogP contribution >= 0.6 is 0 Å². The summed E-state index contributed by atoms with van der Waals surface area (Å²) in [4.78, 5) is 2.46. The number of benzene rings is 1. The zero-order valence-electron chi connectivity index (χ0n) is 12.0. The highest BCUT2D eigenvalue weighted by Crippen LogP contribution is 2.29. The second-order valence-corrected chi connectivity index (χ2v) is 5.99. The van der Waals surface area contributed by atoms with E-state index in [-0.39, 0.29) is 5.41 Å². The molecular weight excluding hydrogens is 218 g/mol. The lowest BCUT2D eigenvalue weighted by molar-refractivity contribution is 0.571. The van der Waals surface area contributed by atoms with Gasteiger partial charge in [0.2, 0.25) is 0 Å². The third-order valence-electron chi connectivity index (χ3n) is 3.30. The Labute approximate surface area is 111 Å². The van der Waals surface area contributed by atoms with Crippen molar-refractivity contribution in [2.45, 2.75) is 40.5 Å². The van der Waals surface area contributed by atoms with E-state index >= 15 is 0 Å². The molecule has 2 rings (SSSR count). The summed E-state index contributed by atoms with van der Waals surface area (Å²) in [6, 6.07) is 6.54. The maximum atomic E-state index is 3.38. The van der Waals surface area contributed by atoms with Crippen LogP contribution in [0, 0.1) is 17.3 Å². The van der Waals surface area contributed by atoms with Crippen LogP contribution in [0.25, 0.3) is 0 Å². The zero-order valence-corrected chi connectivity index (χ0v) is 12.0. The van der Waals surface area contributed by atoms with Gasteiger partial charge in [-0.3, -0.25) is 0 Å². The SMILES string of the molecule is CCN1CCCc2c(C#CC(C)(C)C)cccc21. The van der Waals surface area contributed by atoms with Gasteiger partial charge in [-0.2, -0.15) is 0 Å². The van der Waals surface area contributed by atoms with Crippen molar-refractivity contribution in [3.05, 3.63) is 29.3 Å². The number of rotatable bonds is 1. The molecule has 96 valence electrons. The molecule has 18 heavy (non-hydrogen) atoms. The van der Waals surface area contributed by atoms with Crippen molar-refractivity contribution in [1.82, 2.24) is 0 Å². The second kappa shape index (κ2) is 5.06. The molecule has 0 unspecified atom stereocenters. The smallest absolute Gasteiger partial charge is 0.0411 e. The first kappa shape index (κ1) is 13.0. The lowest BCUT2D eigenvalue weighted by Crippen LogP contribution is -2.29. The summed E-state index contributed by atoms with van der Waals surface area (Å²) in [5, 5.41) is 0. The van der Waals surface area contributed by atoms with E-state index in [1.165, 1.54) is 36.2 Å². The summed E-state index contributed by atoms with van der Waals surface area (Å²) in [6.45, 7) is 11.0. The van der Waals surface area contributed by atoms with Crippen LogP contribution in [-0.2, 0) is 6.42 Å². The van der Waals surface area contributed by atoms with E-state index in [4.69, 9.17) is 0 Å². The van der Waals surface area contributed by atoms with Gasteiger partial charge in [0.05, 0.1) is 0 Å². The monoisotopic (exact) mass is 241 g/mol. The molecule has 1 aromatic rings. The first-order valence-corrected chi connectivity index (χ1v) is 6.91. The van der Waals surface area contributed by atoms with E-state index in [0.29, 0.717) is 0 Å². The predicted octanol–water partition coefficient (Wildman–Crippen LogP) is 3.86. The lowest BCUT2D eigenvalue weighted by Gasteiger charge is -2.30. The minimum absolute atomic E-state index is 0.0713. The highest BCUT2D eigenvalue weighted by molar-refractivity contribution is 5.62. The van der Waals surface area contributed by atoms with Crippen molar-refractivity contribution in [2.75, 3.05) is 18.0 Å². The van der Waals surface area contributed by atoms with Crippen LogP contribution in [0.15, 0.2) is 18.2 Å². The Bertz CT molecular complexity index is 483. The number of anilines is 1. The molecule has 0 spiro atoms. The minimum atomic E-state index is 0.0713. The predicted molar refractivity (Wildman–Crippen MR) is 79.0 cm³/mol. The van der Waals surface area contributed by atoms with Gasteiger partial charge in [-0.25, -0.2) is 0 Å². The van der Waals surface area contributed by atoms with Gasteiger partial charge < -0.3 is 4.90 Å². The summed E-state index contributed by atoms with van der Waals surface area (Å²) in [5.74, 6) is 6.73. The van der Waals surface area contributed by atoms with E-state index in [2.05, 4.69) is 62.6 Å². The highest BCUT2D eigenvalue weighted by Gasteiger charge is 2.17. The topological polar surface area (TPSA) is 3.24 Å². The van der Waals surface area contributed by atoms with Crippen LogP contribution in [0.5, 0.6) is 0 Å². The van der Waals surface area contributed by atoms with Gasteiger partial charge in [0.15, 0.2) is 0 Å². The fraction of sp³-hybridized carbons (Fsp3) is 0.529. The standard InChI is InChI=1S/C17H23N/c1-5-18-13-7-9-15-14(8-6-10-16(15)18)11-12-17(2,3)4/h6,8,10H,5,7,9,13H2,1-4H3. The van der Waals surface area contributed by atoms with Crippen LogP contribution in [0.2, 0.25) is 0 Å². The van der Waals surface area contributed by atoms with Gasteiger partial charge >= 0.3 is 0 Å². The van der Waals surface area contributed by atoms with E-state index < -0.39 is 0 Å². The summed E-state index contributed by atoms with van der Waals surface area (Å²) in [7, 11) is 0. The molecule has 0 saturated heterocycles. The Hall–Kier alpha value is -1.42. The molecule has 0 atom stereocenters. The summed E-state index contributed by atoms with van der Waals surface area (Å²) >= 11 is 0. The van der Waals surface area contributed by atoms with Crippen molar-refractivity contribution in [3.8, 4) is 11.8 Å². The van der Waals surface area contributed by atoms with Gasteiger partial charge in [0, 0.05) is 29.8 Å². The van der Waals surface area contributed by atoms with Crippen molar-refractivity contribution >= 4 is 5.69 Å². The number of nitrogens with zero attached hydrogens (tertiary/aromatic N) is 1. The van der Waals surface area contributed by atoms with Gasteiger partial charge in [-0.05, 0) is 58.2 Å². The van der Waals surface area contributed by atoms with Crippen LogP contribution < -0.4 is 4.90 Å². The molecule has 0 radical (unpaired) electrons. The van der Waals surface area contributed by atoms with Crippen molar-refractivity contribution in [2.24, 2.45) is 5.41 Å². The molecule has 0 bridgehead atoms. The molecule has 0 aliphatic carbocycles. The van der Waals surface area contributed by atoms with Gasteiger partial charge in [-0.1, -0.05) is 17.9 Å². The van der Waals surface area contributed by atoms with E-state index in [0.717, 1.165) is 6.54 Å². The molecule has 1 aliphatic heterocycles. The Kier molecular flexibility index (Phi) is 3.66. The third kappa shape index (κ3) is 2.88. The molecule has 1 heteroatoms. The average molecular weight is 241 g/mol. The average Bonchev–Trinajstić information content (AvgIpc) is 2.34. The van der Waals surface area contributed by atoms with Crippen molar-refractivity contribution < 1.29 is 0 Å². The van der Waals surface area contributed by atoms with Gasteiger partial charge in [-0.15, -0.1) is 0 Å². The maximum absolute atomic E-state index is 3.38. The number of hydrogen-bond donors (Lipinski definition) is 0. The van der Waals surface area contributed by atoms with Crippen molar-refractivity contribution in [1.29, 1.82) is 0 Å². The van der Waals surface area contributed by atoms with E-state index in [9.17, 15) is 0 Å². The molecule has 1 aliphatic rings. The molecule has 1 heterocycles. The Morgan fingerprint density at radius 2 is 2.06 bits per heavy atom. The molecule has 1 aromatic carbocycles. The number of fused-ring (bicyclic) bond motifs is 1. The Morgan fingerprint density at radius 3 is 2.72 bits per heavy atom. The van der Waals surface area contributed by atoms with Crippen molar-refractivity contribution in [3.63, 3.8) is 0 Å². The molecule has 0 fully saturated rings. The maximum Gasteiger partial charge on any atom is 0.0411 e. The fourth-order valence-corrected chi connectivity index (χ4v) is 2.40. The normalized spacial score (nSPS) is 14.8. The second-order valence-electron chi connectivity index (χ2n) is 5.99. The van der Waals surface area contributed by atoms with Crippen LogP contribution in [0.4, 0.5) is 5.69 Å². The summed E-state index contributed by atoms with van der Waals surface area (Å²) in [5.41, 5.74) is 4.13. The van der Waals surface area contributed by atoms with Crippen LogP contribution in [0.3, 0.4) is 0 Å². The van der Waals surface area contributed by atoms with E-state index in [1.807, 2.05) is 0 Å². The lowest BCUT2D eigenvalue weighted by atomic mass is 9.94. The van der Waals surface area contributed by atoms with E-state index in [1.54, 1.807) is 0 Å². The van der Waals surface area contributed by atoms with Crippen LogP contribution in [0.1, 0.15) is 45.2 Å². The van der Waals surface area contributed by atoms with Gasteiger partial charge in [0.25, 0.3) is 0 Å². The fourth-order valence-electron chi connectivity index (χ4n) is 2.40. The largest absolute Gasteiger partial charge is 0.372 e. The highest BCUT2D eigenvalue weighted by atomic mass is 15.1. The minimum Gasteiger partial charge on any atom is -0.372 e. The molecule has 1 nitrogen and oxygen atoms in total. The first-order chi connectivity index (χ1) is 8.51. The molecular formula is C17H23N. The summed E-state index contributed by atoms with van der Waals surface area (Å²) < 4.78 is 0. The quantitative estimate of drug-likeness (QED) is 0.675. The number of hydrogen-bond acceptors (Lipinski definition) is 1. The molecule has 0 amide bonds. The third-order valence-corrected chi connectivity index (χ3v) is 3.30. The van der Waals surface area contributed by atoms with Crippen LogP contribution in [-0.4, -0.2) is 13.1 Å². The molecule has 0 saturated carbocycles. The Morgan fingerprint density at radius 1 is 1.28 bits per heavy atom. The Balaban J connectivity index is 2.41. The van der Waals surface area contributed by atoms with Gasteiger partial charge in [0.1, 0.15) is 0 Å². The molecule has 0 aromatic heterocycles. The zero-order chi connectivity index (χ0) is 13.2. The summed E-state index contributed by atoms with van der Waals surface area (Å²) in [6.07, 6.45) is 2.41. The first-order valence-electron chi connectivity index (χ1n) is 6.91.